The molecule has 2 rings (SSSR count). The third-order valence-electron chi connectivity index (χ3n) is 3.63. The minimum Gasteiger partial charge on any atom is -0.395 e. The molecule has 1 aromatic rings. The molecule has 122 valence electrons. The highest BCUT2D eigenvalue weighted by atomic mass is 19.2. The predicted molar refractivity (Wildman–Crippen MR) is 76.6 cm³/mol. The van der Waals surface area contributed by atoms with Crippen LogP contribution in [0.2, 0.25) is 0 Å². The number of amides is 1. The van der Waals surface area contributed by atoms with Gasteiger partial charge >= 0.3 is 0 Å². The zero-order valence-electron chi connectivity index (χ0n) is 12.3. The van der Waals surface area contributed by atoms with Crippen molar-refractivity contribution in [2.75, 3.05) is 52.5 Å². The van der Waals surface area contributed by atoms with Gasteiger partial charge in [0, 0.05) is 32.7 Å². The lowest BCUT2D eigenvalue weighted by atomic mass is 10.1. The molecule has 0 unspecified atom stereocenters. The summed E-state index contributed by atoms with van der Waals surface area (Å²) in [6.45, 7) is 3.64. The standard InChI is InChI=1S/C15H20F2N2O3/c16-13-3-1-2-12(14(13)17)15(21)19(6-9-20)5-4-18-7-10-22-11-8-18/h1-3,20H,4-11H2. The molecule has 5 nitrogen and oxygen atoms in total. The number of rotatable bonds is 6. The molecule has 7 heteroatoms. The highest BCUT2D eigenvalue weighted by Crippen LogP contribution is 2.14. The fourth-order valence-electron chi connectivity index (χ4n) is 2.36. The number of aliphatic hydroxyl groups is 1. The number of nitrogens with zero attached hydrogens (tertiary/aromatic N) is 2. The molecule has 22 heavy (non-hydrogen) atoms. The van der Waals surface area contributed by atoms with Crippen LogP contribution in [0.3, 0.4) is 0 Å². The molecule has 1 aliphatic heterocycles. The van der Waals surface area contributed by atoms with Gasteiger partial charge in [-0.15, -0.1) is 0 Å². The lowest BCUT2D eigenvalue weighted by Gasteiger charge is -2.30. The van der Waals surface area contributed by atoms with Gasteiger partial charge in [-0.25, -0.2) is 8.78 Å². The molecule has 1 amide bonds. The highest BCUT2D eigenvalue weighted by molar-refractivity contribution is 5.94. The van der Waals surface area contributed by atoms with Crippen molar-refractivity contribution in [3.63, 3.8) is 0 Å². The van der Waals surface area contributed by atoms with Gasteiger partial charge in [0.2, 0.25) is 0 Å². The fraction of sp³-hybridized carbons (Fsp3) is 0.533. The van der Waals surface area contributed by atoms with Crippen molar-refractivity contribution in [3.8, 4) is 0 Å². The molecule has 0 radical (unpaired) electrons. The Labute approximate surface area is 128 Å². The number of halogens is 2. The topological polar surface area (TPSA) is 53.0 Å². The highest BCUT2D eigenvalue weighted by Gasteiger charge is 2.22. The SMILES string of the molecule is O=C(c1cccc(F)c1F)N(CCO)CCN1CCOCC1. The van der Waals surface area contributed by atoms with E-state index in [4.69, 9.17) is 9.84 Å². The van der Waals surface area contributed by atoms with Gasteiger partial charge in [-0.3, -0.25) is 9.69 Å². The summed E-state index contributed by atoms with van der Waals surface area (Å²) >= 11 is 0. The zero-order chi connectivity index (χ0) is 15.9. The first-order valence-electron chi connectivity index (χ1n) is 7.27. The van der Waals surface area contributed by atoms with Crippen molar-refractivity contribution in [2.45, 2.75) is 0 Å². The Hall–Kier alpha value is -1.57. The molecule has 0 saturated carbocycles. The Morgan fingerprint density at radius 3 is 2.68 bits per heavy atom. The van der Waals surface area contributed by atoms with E-state index in [1.807, 2.05) is 0 Å². The van der Waals surface area contributed by atoms with Crippen molar-refractivity contribution in [1.82, 2.24) is 9.80 Å². The largest absolute Gasteiger partial charge is 0.395 e. The molecule has 1 fully saturated rings. The number of hydrogen-bond acceptors (Lipinski definition) is 4. The van der Waals surface area contributed by atoms with Crippen molar-refractivity contribution in [1.29, 1.82) is 0 Å². The molecule has 0 spiro atoms. The summed E-state index contributed by atoms with van der Waals surface area (Å²) in [4.78, 5) is 15.8. The number of carbonyl (C=O) groups excluding carboxylic acids is 1. The monoisotopic (exact) mass is 314 g/mol. The van der Waals surface area contributed by atoms with Gasteiger partial charge in [-0.2, -0.15) is 0 Å². The summed E-state index contributed by atoms with van der Waals surface area (Å²) < 4.78 is 32.2. The first-order valence-corrected chi connectivity index (χ1v) is 7.27. The predicted octanol–water partition coefficient (Wildman–Crippen LogP) is 0.731. The Morgan fingerprint density at radius 1 is 1.27 bits per heavy atom. The third kappa shape index (κ3) is 4.22. The van der Waals surface area contributed by atoms with Gasteiger partial charge in [-0.1, -0.05) is 6.07 Å². The summed E-state index contributed by atoms with van der Waals surface area (Å²) in [6, 6.07) is 3.51. The number of carbonyl (C=O) groups is 1. The maximum absolute atomic E-state index is 13.7. The lowest BCUT2D eigenvalue weighted by molar-refractivity contribution is 0.0314. The van der Waals surface area contributed by atoms with Crippen molar-refractivity contribution < 1.29 is 23.4 Å². The number of hydrogen-bond donors (Lipinski definition) is 1. The van der Waals surface area contributed by atoms with Gasteiger partial charge in [0.15, 0.2) is 11.6 Å². The Balaban J connectivity index is 2.02. The van der Waals surface area contributed by atoms with Crippen LogP contribution in [-0.2, 0) is 4.74 Å². The number of benzene rings is 1. The summed E-state index contributed by atoms with van der Waals surface area (Å²) in [7, 11) is 0. The number of ether oxygens (including phenoxy) is 1. The third-order valence-corrected chi connectivity index (χ3v) is 3.63. The van der Waals surface area contributed by atoms with E-state index in [0.717, 1.165) is 19.2 Å². The van der Waals surface area contributed by atoms with Crippen molar-refractivity contribution in [2.24, 2.45) is 0 Å². The van der Waals surface area contributed by atoms with E-state index in [0.29, 0.717) is 26.3 Å². The summed E-state index contributed by atoms with van der Waals surface area (Å²) in [5, 5.41) is 9.10. The molecule has 1 heterocycles. The second-order valence-corrected chi connectivity index (χ2v) is 5.07. The van der Waals surface area contributed by atoms with E-state index >= 15 is 0 Å². The molecule has 0 aromatic heterocycles. The van der Waals surface area contributed by atoms with Gasteiger partial charge in [-0.05, 0) is 12.1 Å². The summed E-state index contributed by atoms with van der Waals surface area (Å²) in [5.74, 6) is -2.82. The molecular weight excluding hydrogens is 294 g/mol. The van der Waals surface area contributed by atoms with Crippen LogP contribution in [0.1, 0.15) is 10.4 Å². The summed E-state index contributed by atoms with van der Waals surface area (Å²) in [5.41, 5.74) is -0.310. The first kappa shape index (κ1) is 16.8. The van der Waals surface area contributed by atoms with Crippen LogP contribution >= 0.6 is 0 Å². The summed E-state index contributed by atoms with van der Waals surface area (Å²) in [6.07, 6.45) is 0. The van der Waals surface area contributed by atoms with Crippen molar-refractivity contribution in [3.05, 3.63) is 35.4 Å². The van der Waals surface area contributed by atoms with Crippen LogP contribution < -0.4 is 0 Å². The normalized spacial score (nSPS) is 15.8. The minimum atomic E-state index is -1.15. The van der Waals surface area contributed by atoms with E-state index in [1.165, 1.54) is 17.0 Å². The van der Waals surface area contributed by atoms with E-state index in [2.05, 4.69) is 4.90 Å². The molecule has 1 aliphatic rings. The van der Waals surface area contributed by atoms with Crippen LogP contribution in [0.25, 0.3) is 0 Å². The minimum absolute atomic E-state index is 0.0825. The van der Waals surface area contributed by atoms with Crippen LogP contribution in [0.4, 0.5) is 8.78 Å². The molecule has 0 aliphatic carbocycles. The average molecular weight is 314 g/mol. The maximum atomic E-state index is 13.7. The van der Waals surface area contributed by atoms with Crippen molar-refractivity contribution >= 4 is 5.91 Å². The van der Waals surface area contributed by atoms with Crippen LogP contribution in [-0.4, -0.2) is 73.4 Å². The zero-order valence-corrected chi connectivity index (χ0v) is 12.3. The molecular formula is C15H20F2N2O3. The van der Waals surface area contributed by atoms with E-state index in [9.17, 15) is 13.6 Å². The van der Waals surface area contributed by atoms with E-state index in [-0.39, 0.29) is 18.7 Å². The molecule has 0 atom stereocenters. The molecule has 1 N–H and O–H groups in total. The van der Waals surface area contributed by atoms with Gasteiger partial charge in [0.1, 0.15) is 0 Å². The fourth-order valence-corrected chi connectivity index (χ4v) is 2.36. The smallest absolute Gasteiger partial charge is 0.257 e. The van der Waals surface area contributed by atoms with Crippen LogP contribution in [0.5, 0.6) is 0 Å². The molecule has 0 bridgehead atoms. The average Bonchev–Trinajstić information content (AvgIpc) is 2.54. The Bertz CT molecular complexity index is 508. The number of morpholine rings is 1. The quantitative estimate of drug-likeness (QED) is 0.841. The molecule has 1 aromatic carbocycles. The van der Waals surface area contributed by atoms with E-state index < -0.39 is 17.5 Å². The van der Waals surface area contributed by atoms with Gasteiger partial charge in [0.25, 0.3) is 5.91 Å². The van der Waals surface area contributed by atoms with Gasteiger partial charge < -0.3 is 14.7 Å². The molecule has 1 saturated heterocycles. The lowest BCUT2D eigenvalue weighted by Crippen LogP contribution is -2.44. The van der Waals surface area contributed by atoms with Crippen LogP contribution in [0, 0.1) is 11.6 Å². The second-order valence-electron chi connectivity index (χ2n) is 5.07. The van der Waals surface area contributed by atoms with Gasteiger partial charge in [0.05, 0.1) is 25.4 Å². The Kier molecular flexibility index (Phi) is 6.23. The second kappa shape index (κ2) is 8.17. The van der Waals surface area contributed by atoms with Crippen LogP contribution in [0.15, 0.2) is 18.2 Å². The van der Waals surface area contributed by atoms with E-state index in [1.54, 1.807) is 0 Å². The number of aliphatic hydroxyl groups excluding tert-OH is 1. The first-order chi connectivity index (χ1) is 10.6. The maximum Gasteiger partial charge on any atom is 0.257 e. The Morgan fingerprint density at radius 2 is 2.00 bits per heavy atom.